The van der Waals surface area contributed by atoms with Gasteiger partial charge in [0, 0.05) is 115 Å². The van der Waals surface area contributed by atoms with Crippen molar-refractivity contribution in [1.29, 1.82) is 0 Å². The summed E-state index contributed by atoms with van der Waals surface area (Å²) in [5.74, 6) is -0.422. The van der Waals surface area contributed by atoms with Crippen LogP contribution in [0.2, 0.25) is 0 Å². The topological polar surface area (TPSA) is 67.1 Å². The van der Waals surface area contributed by atoms with Crippen LogP contribution in [0, 0.1) is 80.9 Å². The van der Waals surface area contributed by atoms with E-state index < -0.39 is 0 Å². The number of rotatable bonds is 8. The van der Waals surface area contributed by atoms with Gasteiger partial charge in [-0.3, -0.25) is 19.9 Å². The van der Waals surface area contributed by atoms with Crippen LogP contribution in [0.25, 0.3) is 134 Å². The van der Waals surface area contributed by atoms with E-state index in [2.05, 4.69) is 348 Å². The van der Waals surface area contributed by atoms with E-state index in [0.29, 0.717) is 0 Å². The number of benzene rings is 8. The number of aryl methyl sites for hydroxylation is 14. The van der Waals surface area contributed by atoms with E-state index in [9.17, 15) is 8.78 Å². The molecular weight excluding hydrogens is 1590 g/mol. The van der Waals surface area contributed by atoms with Crippen LogP contribution < -0.4 is 18.3 Å². The van der Waals surface area contributed by atoms with Gasteiger partial charge in [0.1, 0.15) is 39.8 Å². The van der Waals surface area contributed by atoms with E-state index in [-0.39, 0.29) is 33.3 Å². The number of halogens is 2. The highest BCUT2D eigenvalue weighted by Gasteiger charge is 2.53. The standard InChI is InChI=1S/C31H31N2.C30H28FN2.C30H29N2.C29H28FN2/c1-20-7-11-23(12-8-20)24-15-18-33(4)27(19-24)28-21(2)9-13-25-26-14-10-22(3)32-30(26)31(29(25)28)16-5-6-17-31;1-19-6-12-24-25-13-7-20(2)32-29(25)30(15-4-5-16-30)28(24)27(19)26-18-22(14-17-33(26)3)21-8-10-23(31)11-9-21;1-20-11-13-24-25-14-12-21(2)31-29(25)30(16-7-8-17-30)28(24)27(20)26-19-23(15-18-32(26)3)22-9-5-4-6-10-22;1-17-7-13-22-23-14-8-19(3)31-28(23)29(4,5)27(22)26(17)25-15-18(2)24(16-32(25)6)20-9-11-21(30)12-10-20/h7-15,18-19H,5-6,16-17H2,1-4H3;6-14,17-18H,4-5,15-16H2,1-3H3;4-6,9-15,18-19H,7-8,16-17H2,1-3H3;7-16H,1-6H3/q4*+1. The molecule has 8 nitrogen and oxygen atoms in total. The average molecular weight is 1710 g/mol. The van der Waals surface area contributed by atoms with Gasteiger partial charge in [0.15, 0.2) is 24.8 Å². The first-order valence-electron chi connectivity index (χ1n) is 46.9. The van der Waals surface area contributed by atoms with E-state index >= 15 is 0 Å². The maximum absolute atomic E-state index is 13.5. The van der Waals surface area contributed by atoms with Crippen molar-refractivity contribution in [2.75, 3.05) is 0 Å². The third kappa shape index (κ3) is 14.3. The Hall–Kier alpha value is -13.2. The molecule has 7 aliphatic rings. The first-order chi connectivity index (χ1) is 62.7. The normalized spacial score (nSPS) is 15.2. The summed E-state index contributed by atoms with van der Waals surface area (Å²) in [4.78, 5) is 20.4. The smallest absolute Gasteiger partial charge is 0.213 e. The quantitative estimate of drug-likeness (QED) is 0.142. The van der Waals surface area contributed by atoms with Crippen LogP contribution in [0.4, 0.5) is 8.78 Å². The molecule has 0 saturated heterocycles. The zero-order valence-electron chi connectivity index (χ0n) is 78.2. The van der Waals surface area contributed by atoms with E-state index in [0.717, 1.165) is 63.6 Å². The van der Waals surface area contributed by atoms with Gasteiger partial charge < -0.3 is 0 Å². The van der Waals surface area contributed by atoms with Crippen LogP contribution in [0.1, 0.15) is 192 Å². The summed E-state index contributed by atoms with van der Waals surface area (Å²) in [5.41, 5.74) is 53.2. The summed E-state index contributed by atoms with van der Waals surface area (Å²) >= 11 is 0. The SMILES string of the molecule is Cc1ccc(-c2cc[n+](C)c(-c3c(C)ccc4c3C3(CCCC3)c3nc(C)ccc3-4)c2)cc1.Cc1ccc2c(n1)C(C)(C)c1c-2ccc(C)c1-c1cc(C)c(-c2ccc(F)cc2)c[n+]1C.Cc1ccc2c(n1)C1(CCCC1)c1c-2ccc(C)c1-c1cc(-c2ccc(F)cc2)cc[n+]1C.Cc1ccc2c(n1)C1(CCCC1)c1c-2ccc(C)c1-c1cc(-c2ccccc2)cc[n+]1C. The molecular formula is C120H116F2N8+4. The van der Waals surface area contributed by atoms with Crippen molar-refractivity contribution in [3.8, 4) is 134 Å². The van der Waals surface area contributed by atoms with Gasteiger partial charge in [0.05, 0.1) is 45.0 Å². The molecule has 16 aromatic rings. The minimum Gasteiger partial charge on any atom is -0.257 e. The highest BCUT2D eigenvalue weighted by molar-refractivity contribution is 5.93. The number of fused-ring (bicyclic) bond motifs is 18. The molecule has 7 aliphatic carbocycles. The molecule has 3 fully saturated rings. The van der Waals surface area contributed by atoms with Crippen molar-refractivity contribution in [3.05, 3.63) is 380 Å². The van der Waals surface area contributed by atoms with Gasteiger partial charge in [0.25, 0.3) is 0 Å². The average Bonchev–Trinajstić information content (AvgIpc) is 1.58. The largest absolute Gasteiger partial charge is 0.257 e. The molecule has 8 aromatic heterocycles. The van der Waals surface area contributed by atoms with Crippen molar-refractivity contribution in [3.63, 3.8) is 0 Å². The molecule has 646 valence electrons. The molecule has 10 heteroatoms. The van der Waals surface area contributed by atoms with E-state index in [4.69, 9.17) is 19.9 Å². The van der Waals surface area contributed by atoms with Crippen molar-refractivity contribution in [2.24, 2.45) is 28.2 Å². The van der Waals surface area contributed by atoms with Gasteiger partial charge in [-0.05, 0) is 268 Å². The molecule has 3 spiro atoms. The summed E-state index contributed by atoms with van der Waals surface area (Å²) in [6, 6.07) is 85.0. The van der Waals surface area contributed by atoms with Crippen molar-refractivity contribution in [1.82, 2.24) is 19.9 Å². The third-order valence-electron chi connectivity index (χ3n) is 30.1. The Balaban J connectivity index is 0.000000108. The first kappa shape index (κ1) is 84.9. The number of hydrogen-bond acceptors (Lipinski definition) is 4. The van der Waals surface area contributed by atoms with Gasteiger partial charge in [-0.15, -0.1) is 0 Å². The fourth-order valence-corrected chi connectivity index (χ4v) is 23.7. The Labute approximate surface area is 766 Å². The van der Waals surface area contributed by atoms with E-state index in [1.165, 1.54) is 273 Å². The lowest BCUT2D eigenvalue weighted by atomic mass is 9.75. The molecule has 0 radical (unpaired) electrons. The molecule has 0 amide bonds. The number of nitrogens with zero attached hydrogens (tertiary/aromatic N) is 8. The third-order valence-corrected chi connectivity index (χ3v) is 30.1. The van der Waals surface area contributed by atoms with Gasteiger partial charge in [-0.25, -0.2) is 27.0 Å². The maximum atomic E-state index is 13.5. The predicted molar refractivity (Wildman–Crippen MR) is 524 cm³/mol. The van der Waals surface area contributed by atoms with E-state index in [1.54, 1.807) is 0 Å². The lowest BCUT2D eigenvalue weighted by molar-refractivity contribution is -0.660. The number of hydrogen-bond donors (Lipinski definition) is 0. The molecule has 8 aromatic carbocycles. The minimum atomic E-state index is -0.214. The van der Waals surface area contributed by atoms with Crippen LogP contribution in [0.3, 0.4) is 0 Å². The zero-order chi connectivity index (χ0) is 90.1. The Kier molecular flexibility index (Phi) is 21.6. The van der Waals surface area contributed by atoms with Gasteiger partial charge >= 0.3 is 0 Å². The lowest BCUT2D eigenvalue weighted by Crippen LogP contribution is -2.32. The molecule has 0 atom stereocenters. The monoisotopic (exact) mass is 1710 g/mol. The maximum Gasteiger partial charge on any atom is 0.213 e. The summed E-state index contributed by atoms with van der Waals surface area (Å²) in [7, 11) is 8.57. The molecule has 8 heterocycles. The van der Waals surface area contributed by atoms with Crippen LogP contribution in [-0.2, 0) is 49.9 Å². The molecule has 0 aliphatic heterocycles. The first-order valence-corrected chi connectivity index (χ1v) is 46.9. The Morgan fingerprint density at radius 2 is 0.546 bits per heavy atom. The van der Waals surface area contributed by atoms with Crippen molar-refractivity contribution in [2.45, 2.75) is 182 Å². The van der Waals surface area contributed by atoms with E-state index in [1.807, 2.05) is 24.3 Å². The van der Waals surface area contributed by atoms with Crippen LogP contribution in [-0.4, -0.2) is 19.9 Å². The Bertz CT molecular complexity index is 7020. The summed E-state index contributed by atoms with van der Waals surface area (Å²) in [5, 5.41) is 0. The molecule has 0 bridgehead atoms. The molecule has 0 unspecified atom stereocenters. The van der Waals surface area contributed by atoms with Crippen molar-refractivity contribution >= 4 is 0 Å². The van der Waals surface area contributed by atoms with Gasteiger partial charge in [-0.2, -0.15) is 0 Å². The molecule has 3 saturated carbocycles. The van der Waals surface area contributed by atoms with Crippen molar-refractivity contribution < 1.29 is 27.0 Å². The number of aromatic nitrogens is 8. The second-order valence-electron chi connectivity index (χ2n) is 39.0. The van der Waals surface area contributed by atoms with Crippen LogP contribution >= 0.6 is 0 Å². The highest BCUT2D eigenvalue weighted by Crippen LogP contribution is 2.63. The highest BCUT2D eigenvalue weighted by atomic mass is 19.1. The Morgan fingerprint density at radius 3 is 0.908 bits per heavy atom. The Morgan fingerprint density at radius 1 is 0.254 bits per heavy atom. The van der Waals surface area contributed by atoms with Gasteiger partial charge in [0.2, 0.25) is 22.8 Å². The molecule has 130 heavy (non-hydrogen) atoms. The molecule has 23 rings (SSSR count). The zero-order valence-corrected chi connectivity index (χ0v) is 78.2. The number of pyridine rings is 8. The second-order valence-corrected chi connectivity index (χ2v) is 39.0. The fourth-order valence-electron chi connectivity index (χ4n) is 23.7. The summed E-state index contributed by atoms with van der Waals surface area (Å²) in [6.07, 6.45) is 23.4. The molecule has 0 N–H and O–H groups in total. The fraction of sp³-hybridized carbons (Fsp3) is 0.267. The van der Waals surface area contributed by atoms with Crippen LogP contribution in [0.5, 0.6) is 0 Å². The second kappa shape index (κ2) is 33.1. The summed E-state index contributed by atoms with van der Waals surface area (Å²) < 4.78 is 36.0. The summed E-state index contributed by atoms with van der Waals surface area (Å²) in [6.45, 7) is 26.2. The van der Waals surface area contributed by atoms with Gasteiger partial charge in [-0.1, -0.05) is 210 Å². The van der Waals surface area contributed by atoms with Crippen LogP contribution in [0.15, 0.2) is 267 Å². The minimum absolute atomic E-state index is 0.00306. The lowest BCUT2D eigenvalue weighted by Gasteiger charge is -2.28. The predicted octanol–water partition coefficient (Wildman–Crippen LogP) is 27.2.